The van der Waals surface area contributed by atoms with Crippen molar-refractivity contribution in [1.29, 1.82) is 0 Å². The van der Waals surface area contributed by atoms with Gasteiger partial charge in [-0.05, 0) is 6.07 Å². The Morgan fingerprint density at radius 2 is 2.00 bits per heavy atom. The molecule has 0 bridgehead atoms. The summed E-state index contributed by atoms with van der Waals surface area (Å²) in [7, 11) is 1.46. The molecular weight excluding hydrogens is 238 g/mol. The third kappa shape index (κ3) is 3.74. The van der Waals surface area contributed by atoms with Gasteiger partial charge in [0, 0.05) is 19.6 Å². The number of Topliss-reactive ketones (excluding diaryl/α,β-unsaturated/α-hetero) is 2. The lowest BCUT2D eigenvalue weighted by Gasteiger charge is -2.02. The van der Waals surface area contributed by atoms with Gasteiger partial charge in [-0.1, -0.05) is 12.1 Å². The van der Waals surface area contributed by atoms with Crippen LogP contribution in [0.3, 0.4) is 0 Å². The van der Waals surface area contributed by atoms with E-state index in [1.165, 1.54) is 31.4 Å². The Morgan fingerprint density at radius 1 is 1.33 bits per heavy atom. The van der Waals surface area contributed by atoms with E-state index in [0.717, 1.165) is 0 Å². The van der Waals surface area contributed by atoms with Gasteiger partial charge in [0.05, 0.1) is 23.5 Å². The van der Waals surface area contributed by atoms with Crippen LogP contribution >= 0.6 is 0 Å². The van der Waals surface area contributed by atoms with Crippen LogP contribution in [0.1, 0.15) is 23.2 Å². The van der Waals surface area contributed by atoms with Crippen molar-refractivity contribution in [3.05, 3.63) is 39.9 Å². The standard InChI is InChI=1S/C12H13NO5/c1-18-7-6-9(14)8-12(15)10-4-2-3-5-11(10)13(16)17/h2-5H,6-8H2,1H3. The van der Waals surface area contributed by atoms with Crippen molar-refractivity contribution in [2.45, 2.75) is 12.8 Å². The topological polar surface area (TPSA) is 86.5 Å². The van der Waals surface area contributed by atoms with E-state index >= 15 is 0 Å². The number of nitro groups is 1. The summed E-state index contributed by atoms with van der Waals surface area (Å²) in [6, 6.07) is 5.60. The van der Waals surface area contributed by atoms with E-state index in [9.17, 15) is 19.7 Å². The first-order chi connectivity index (χ1) is 8.56. The zero-order valence-electron chi connectivity index (χ0n) is 9.92. The number of nitrogens with zero attached hydrogens (tertiary/aromatic N) is 1. The Bertz CT molecular complexity index is 469. The van der Waals surface area contributed by atoms with E-state index in [4.69, 9.17) is 4.74 Å². The van der Waals surface area contributed by atoms with Crippen molar-refractivity contribution in [2.75, 3.05) is 13.7 Å². The van der Waals surface area contributed by atoms with Crippen molar-refractivity contribution in [3.8, 4) is 0 Å². The summed E-state index contributed by atoms with van der Waals surface area (Å²) in [5.41, 5.74) is -0.310. The van der Waals surface area contributed by atoms with E-state index < -0.39 is 10.7 Å². The van der Waals surface area contributed by atoms with E-state index in [2.05, 4.69) is 0 Å². The molecule has 6 nitrogen and oxygen atoms in total. The van der Waals surface area contributed by atoms with Gasteiger partial charge in [0.25, 0.3) is 5.69 Å². The fourth-order valence-electron chi connectivity index (χ4n) is 1.45. The van der Waals surface area contributed by atoms with Crippen LogP contribution in [-0.4, -0.2) is 30.2 Å². The summed E-state index contributed by atoms with van der Waals surface area (Å²) < 4.78 is 4.72. The molecule has 0 radical (unpaired) electrons. The summed E-state index contributed by atoms with van der Waals surface area (Å²) in [6.45, 7) is 0.239. The number of hydrogen-bond donors (Lipinski definition) is 0. The number of ketones is 2. The maximum Gasteiger partial charge on any atom is 0.280 e. The summed E-state index contributed by atoms with van der Waals surface area (Å²) in [4.78, 5) is 33.3. The molecule has 18 heavy (non-hydrogen) atoms. The van der Waals surface area contributed by atoms with Gasteiger partial charge in [0.2, 0.25) is 0 Å². The second-order valence-electron chi connectivity index (χ2n) is 3.66. The number of hydrogen-bond acceptors (Lipinski definition) is 5. The average molecular weight is 251 g/mol. The zero-order valence-corrected chi connectivity index (χ0v) is 9.92. The molecule has 0 N–H and O–H groups in total. The Labute approximate surface area is 104 Å². The predicted octanol–water partition coefficient (Wildman–Crippen LogP) is 1.77. The minimum atomic E-state index is -0.632. The second kappa shape index (κ2) is 6.61. The fourth-order valence-corrected chi connectivity index (χ4v) is 1.45. The lowest BCUT2D eigenvalue weighted by Crippen LogP contribution is -2.11. The van der Waals surface area contributed by atoms with Crippen LogP contribution in [-0.2, 0) is 9.53 Å². The van der Waals surface area contributed by atoms with Crippen molar-refractivity contribution in [2.24, 2.45) is 0 Å². The van der Waals surface area contributed by atoms with Crippen molar-refractivity contribution < 1.29 is 19.2 Å². The van der Waals surface area contributed by atoms with Gasteiger partial charge in [-0.3, -0.25) is 19.7 Å². The Hall–Kier alpha value is -2.08. The quantitative estimate of drug-likeness (QED) is 0.319. The molecule has 0 aliphatic carbocycles. The molecule has 6 heteroatoms. The third-order valence-electron chi connectivity index (χ3n) is 2.34. The van der Waals surface area contributed by atoms with Gasteiger partial charge in [0.15, 0.2) is 5.78 Å². The minimum Gasteiger partial charge on any atom is -0.384 e. The highest BCUT2D eigenvalue weighted by molar-refractivity contribution is 6.09. The minimum absolute atomic E-state index is 0.0340. The Kier molecular flexibility index (Phi) is 5.13. The molecule has 0 aliphatic rings. The first kappa shape index (κ1) is 14.0. The second-order valence-corrected chi connectivity index (χ2v) is 3.66. The largest absolute Gasteiger partial charge is 0.384 e. The highest BCUT2D eigenvalue weighted by Gasteiger charge is 2.20. The molecule has 1 aromatic carbocycles. The Balaban J connectivity index is 2.78. The molecule has 0 unspecified atom stereocenters. The molecule has 0 heterocycles. The van der Waals surface area contributed by atoms with E-state index in [0.29, 0.717) is 0 Å². The van der Waals surface area contributed by atoms with Crippen LogP contribution in [0.2, 0.25) is 0 Å². The highest BCUT2D eigenvalue weighted by Crippen LogP contribution is 2.19. The van der Waals surface area contributed by atoms with Gasteiger partial charge in [-0.15, -0.1) is 0 Å². The molecule has 0 saturated heterocycles. The molecule has 0 amide bonds. The molecule has 1 aromatic rings. The molecule has 0 spiro atoms. The molecule has 1 rings (SSSR count). The third-order valence-corrected chi connectivity index (χ3v) is 2.34. The number of carbonyl (C=O) groups is 2. The van der Waals surface area contributed by atoms with Crippen molar-refractivity contribution in [3.63, 3.8) is 0 Å². The van der Waals surface area contributed by atoms with Gasteiger partial charge in [-0.25, -0.2) is 0 Å². The fraction of sp³-hybridized carbons (Fsp3) is 0.333. The molecule has 0 atom stereocenters. The van der Waals surface area contributed by atoms with Crippen LogP contribution in [0.15, 0.2) is 24.3 Å². The first-order valence-electron chi connectivity index (χ1n) is 5.33. The Morgan fingerprint density at radius 3 is 2.61 bits per heavy atom. The predicted molar refractivity (Wildman–Crippen MR) is 63.5 cm³/mol. The van der Waals surface area contributed by atoms with Crippen LogP contribution in [0, 0.1) is 10.1 Å². The molecule has 0 aliphatic heterocycles. The van der Waals surface area contributed by atoms with Gasteiger partial charge in [-0.2, -0.15) is 0 Å². The monoisotopic (exact) mass is 251 g/mol. The number of methoxy groups -OCH3 is 1. The normalized spacial score (nSPS) is 10.1. The summed E-state index contributed by atoms with van der Waals surface area (Å²) in [6.07, 6.45) is -0.211. The van der Waals surface area contributed by atoms with Crippen LogP contribution in [0.5, 0.6) is 0 Å². The average Bonchev–Trinajstić information content (AvgIpc) is 2.36. The number of rotatable bonds is 7. The molecular formula is C12H13NO5. The molecule has 0 aromatic heterocycles. The summed E-state index contributed by atoms with van der Waals surface area (Å²) in [5, 5.41) is 10.7. The number of para-hydroxylation sites is 1. The molecule has 96 valence electrons. The summed E-state index contributed by atoms with van der Waals surface area (Å²) in [5.74, 6) is -0.830. The maximum absolute atomic E-state index is 11.8. The van der Waals surface area contributed by atoms with E-state index in [1.54, 1.807) is 0 Å². The van der Waals surface area contributed by atoms with Gasteiger partial charge < -0.3 is 4.74 Å². The number of ether oxygens (including phenoxy) is 1. The van der Waals surface area contributed by atoms with Gasteiger partial charge in [0.1, 0.15) is 5.78 Å². The van der Waals surface area contributed by atoms with E-state index in [-0.39, 0.29) is 36.5 Å². The summed E-state index contributed by atoms with van der Waals surface area (Å²) >= 11 is 0. The SMILES string of the molecule is COCCC(=O)CC(=O)c1ccccc1[N+](=O)[O-]. The van der Waals surface area contributed by atoms with Crippen molar-refractivity contribution in [1.82, 2.24) is 0 Å². The van der Waals surface area contributed by atoms with Crippen LogP contribution < -0.4 is 0 Å². The molecule has 0 saturated carbocycles. The lowest BCUT2D eigenvalue weighted by molar-refractivity contribution is -0.385. The number of benzene rings is 1. The molecule has 0 fully saturated rings. The maximum atomic E-state index is 11.8. The van der Waals surface area contributed by atoms with Gasteiger partial charge >= 0.3 is 0 Å². The van der Waals surface area contributed by atoms with Crippen LogP contribution in [0.25, 0.3) is 0 Å². The lowest BCUT2D eigenvalue weighted by atomic mass is 10.0. The zero-order chi connectivity index (χ0) is 13.5. The highest BCUT2D eigenvalue weighted by atomic mass is 16.6. The van der Waals surface area contributed by atoms with Crippen molar-refractivity contribution >= 4 is 17.3 Å². The number of carbonyl (C=O) groups excluding carboxylic acids is 2. The van der Waals surface area contributed by atoms with Crippen LogP contribution in [0.4, 0.5) is 5.69 Å². The first-order valence-corrected chi connectivity index (χ1v) is 5.33. The van der Waals surface area contributed by atoms with E-state index in [1.807, 2.05) is 0 Å². The number of nitro benzene ring substituents is 1. The smallest absolute Gasteiger partial charge is 0.280 e.